The molecule has 2 N–H and O–H groups in total. The van der Waals surface area contributed by atoms with Gasteiger partial charge in [0.1, 0.15) is 11.5 Å². The molecule has 3 nitrogen and oxygen atoms in total. The molecule has 0 spiro atoms. The van der Waals surface area contributed by atoms with Gasteiger partial charge in [0.05, 0.1) is 14.2 Å². The minimum atomic E-state index is 0.112. The Bertz CT molecular complexity index is 445. The first-order valence-corrected chi connectivity index (χ1v) is 7.05. The standard InChI is InChI=1S/C16H25NO2/c1-11(2)14-13(18-3)7-6-12(15(14)19-4)16(10-17)8-5-9-16/h6-7,11H,5,8-10,17H2,1-4H3. The van der Waals surface area contributed by atoms with E-state index in [9.17, 15) is 0 Å². The van der Waals surface area contributed by atoms with Gasteiger partial charge in [-0.15, -0.1) is 0 Å². The summed E-state index contributed by atoms with van der Waals surface area (Å²) in [7, 11) is 3.45. The van der Waals surface area contributed by atoms with E-state index in [4.69, 9.17) is 15.2 Å². The van der Waals surface area contributed by atoms with Crippen LogP contribution in [-0.2, 0) is 5.41 Å². The van der Waals surface area contributed by atoms with Gasteiger partial charge in [0.15, 0.2) is 0 Å². The summed E-state index contributed by atoms with van der Waals surface area (Å²) in [6, 6.07) is 4.19. The van der Waals surface area contributed by atoms with Crippen LogP contribution in [0.15, 0.2) is 12.1 Å². The van der Waals surface area contributed by atoms with Gasteiger partial charge in [-0.05, 0) is 24.8 Å². The predicted molar refractivity (Wildman–Crippen MR) is 78.2 cm³/mol. The first-order valence-electron chi connectivity index (χ1n) is 7.05. The molecule has 3 heteroatoms. The van der Waals surface area contributed by atoms with Crippen molar-refractivity contribution in [3.8, 4) is 11.5 Å². The highest BCUT2D eigenvalue weighted by Crippen LogP contribution is 2.50. The molecule has 0 amide bonds. The van der Waals surface area contributed by atoms with Crippen molar-refractivity contribution >= 4 is 0 Å². The zero-order valence-electron chi connectivity index (χ0n) is 12.5. The highest BCUT2D eigenvalue weighted by molar-refractivity contribution is 5.55. The van der Waals surface area contributed by atoms with E-state index in [1.54, 1.807) is 14.2 Å². The van der Waals surface area contributed by atoms with E-state index < -0.39 is 0 Å². The van der Waals surface area contributed by atoms with Gasteiger partial charge in [0.2, 0.25) is 0 Å². The SMILES string of the molecule is COc1ccc(C2(CN)CCC2)c(OC)c1C(C)C. The summed E-state index contributed by atoms with van der Waals surface area (Å²) in [5.74, 6) is 2.24. The molecule has 106 valence electrons. The molecule has 1 aromatic rings. The Kier molecular flexibility index (Phi) is 4.04. The van der Waals surface area contributed by atoms with Crippen LogP contribution in [0, 0.1) is 0 Å². The molecule has 0 atom stereocenters. The Balaban J connectivity index is 2.59. The lowest BCUT2D eigenvalue weighted by atomic mass is 9.63. The van der Waals surface area contributed by atoms with Crippen molar-refractivity contribution in [3.63, 3.8) is 0 Å². The van der Waals surface area contributed by atoms with Crippen molar-refractivity contribution in [1.82, 2.24) is 0 Å². The number of rotatable bonds is 5. The zero-order valence-corrected chi connectivity index (χ0v) is 12.5. The molecule has 19 heavy (non-hydrogen) atoms. The van der Waals surface area contributed by atoms with Crippen molar-refractivity contribution in [1.29, 1.82) is 0 Å². The van der Waals surface area contributed by atoms with E-state index in [-0.39, 0.29) is 5.41 Å². The summed E-state index contributed by atoms with van der Waals surface area (Å²) in [5.41, 5.74) is 8.56. The quantitative estimate of drug-likeness (QED) is 0.887. The molecule has 0 aromatic heterocycles. The van der Waals surface area contributed by atoms with Crippen LogP contribution in [0.25, 0.3) is 0 Å². The van der Waals surface area contributed by atoms with Gasteiger partial charge < -0.3 is 15.2 Å². The second-order valence-electron chi connectivity index (χ2n) is 5.76. The van der Waals surface area contributed by atoms with Crippen LogP contribution < -0.4 is 15.2 Å². The molecule has 1 aromatic carbocycles. The summed E-state index contributed by atoms with van der Waals surface area (Å²) >= 11 is 0. The van der Waals surface area contributed by atoms with Gasteiger partial charge in [0.25, 0.3) is 0 Å². The first kappa shape index (κ1) is 14.2. The monoisotopic (exact) mass is 263 g/mol. The second-order valence-corrected chi connectivity index (χ2v) is 5.76. The number of methoxy groups -OCH3 is 2. The lowest BCUT2D eigenvalue weighted by molar-refractivity contribution is 0.242. The Morgan fingerprint density at radius 3 is 2.26 bits per heavy atom. The number of hydrogen-bond donors (Lipinski definition) is 1. The molecular formula is C16H25NO2. The Morgan fingerprint density at radius 2 is 1.89 bits per heavy atom. The molecule has 0 bridgehead atoms. The maximum Gasteiger partial charge on any atom is 0.129 e. The second kappa shape index (κ2) is 5.41. The molecule has 0 saturated heterocycles. The van der Waals surface area contributed by atoms with E-state index in [0.717, 1.165) is 29.9 Å². The van der Waals surface area contributed by atoms with Crippen LogP contribution in [0.1, 0.15) is 50.2 Å². The van der Waals surface area contributed by atoms with Crippen LogP contribution in [0.4, 0.5) is 0 Å². The molecule has 2 rings (SSSR count). The third kappa shape index (κ3) is 2.20. The summed E-state index contributed by atoms with van der Waals surface area (Å²) in [4.78, 5) is 0. The molecule has 1 saturated carbocycles. The molecule has 0 heterocycles. The van der Waals surface area contributed by atoms with E-state index in [1.807, 2.05) is 0 Å². The number of nitrogens with two attached hydrogens (primary N) is 1. The lowest BCUT2D eigenvalue weighted by Crippen LogP contribution is -2.41. The fourth-order valence-corrected chi connectivity index (χ4v) is 3.13. The molecule has 1 aliphatic carbocycles. The topological polar surface area (TPSA) is 44.5 Å². The Hall–Kier alpha value is -1.22. The van der Waals surface area contributed by atoms with Crippen LogP contribution >= 0.6 is 0 Å². The number of benzene rings is 1. The van der Waals surface area contributed by atoms with Gasteiger partial charge in [-0.1, -0.05) is 26.3 Å². The van der Waals surface area contributed by atoms with Gasteiger partial charge in [-0.25, -0.2) is 0 Å². The fourth-order valence-electron chi connectivity index (χ4n) is 3.13. The summed E-state index contributed by atoms with van der Waals surface area (Å²) in [5, 5.41) is 0. The summed E-state index contributed by atoms with van der Waals surface area (Å²) < 4.78 is 11.2. The summed E-state index contributed by atoms with van der Waals surface area (Å²) in [6.07, 6.45) is 3.57. The van der Waals surface area contributed by atoms with Crippen LogP contribution in [0.5, 0.6) is 11.5 Å². The molecule has 1 fully saturated rings. The molecule has 0 radical (unpaired) electrons. The van der Waals surface area contributed by atoms with Gasteiger partial charge in [0, 0.05) is 23.1 Å². The van der Waals surface area contributed by atoms with Crippen molar-refractivity contribution in [2.45, 2.75) is 44.4 Å². The number of hydrogen-bond acceptors (Lipinski definition) is 3. The van der Waals surface area contributed by atoms with Crippen LogP contribution in [-0.4, -0.2) is 20.8 Å². The van der Waals surface area contributed by atoms with E-state index in [2.05, 4.69) is 26.0 Å². The van der Waals surface area contributed by atoms with Gasteiger partial charge in [-0.2, -0.15) is 0 Å². The zero-order chi connectivity index (χ0) is 14.0. The van der Waals surface area contributed by atoms with Crippen molar-refractivity contribution < 1.29 is 9.47 Å². The molecule has 0 aliphatic heterocycles. The fraction of sp³-hybridized carbons (Fsp3) is 0.625. The van der Waals surface area contributed by atoms with Gasteiger partial charge >= 0.3 is 0 Å². The number of ether oxygens (including phenoxy) is 2. The Labute approximate surface area is 116 Å². The molecular weight excluding hydrogens is 238 g/mol. The van der Waals surface area contributed by atoms with Crippen molar-refractivity contribution in [2.75, 3.05) is 20.8 Å². The molecule has 1 aliphatic rings. The highest BCUT2D eigenvalue weighted by atomic mass is 16.5. The van der Waals surface area contributed by atoms with Crippen LogP contribution in [0.2, 0.25) is 0 Å². The highest BCUT2D eigenvalue weighted by Gasteiger charge is 2.40. The third-order valence-corrected chi connectivity index (χ3v) is 4.43. The Morgan fingerprint density at radius 1 is 1.21 bits per heavy atom. The van der Waals surface area contributed by atoms with Crippen molar-refractivity contribution in [3.05, 3.63) is 23.3 Å². The first-order chi connectivity index (χ1) is 9.09. The minimum absolute atomic E-state index is 0.112. The van der Waals surface area contributed by atoms with E-state index in [0.29, 0.717) is 12.5 Å². The maximum absolute atomic E-state index is 6.03. The normalized spacial score (nSPS) is 17.2. The lowest BCUT2D eigenvalue weighted by Gasteiger charge is -2.42. The van der Waals surface area contributed by atoms with Crippen LogP contribution in [0.3, 0.4) is 0 Å². The maximum atomic E-state index is 6.03. The smallest absolute Gasteiger partial charge is 0.129 e. The molecule has 0 unspecified atom stereocenters. The average Bonchev–Trinajstić information content (AvgIpc) is 2.37. The van der Waals surface area contributed by atoms with E-state index >= 15 is 0 Å². The average molecular weight is 263 g/mol. The summed E-state index contributed by atoms with van der Waals surface area (Å²) in [6.45, 7) is 5.02. The van der Waals surface area contributed by atoms with Crippen molar-refractivity contribution in [2.24, 2.45) is 5.73 Å². The largest absolute Gasteiger partial charge is 0.496 e. The van der Waals surface area contributed by atoms with E-state index in [1.165, 1.54) is 12.0 Å². The third-order valence-electron chi connectivity index (χ3n) is 4.43. The minimum Gasteiger partial charge on any atom is -0.496 e. The predicted octanol–water partition coefficient (Wildman–Crippen LogP) is 3.21. The van der Waals surface area contributed by atoms with Gasteiger partial charge in [-0.3, -0.25) is 0 Å².